The van der Waals surface area contributed by atoms with E-state index in [4.69, 9.17) is 14.4 Å². The minimum atomic E-state index is -1.53. The van der Waals surface area contributed by atoms with Gasteiger partial charge in [-0.3, -0.25) is 0 Å². The number of aromatic carboxylic acids is 1. The van der Waals surface area contributed by atoms with E-state index in [9.17, 15) is 13.6 Å². The van der Waals surface area contributed by atoms with Gasteiger partial charge in [0.2, 0.25) is 0 Å². The molecular weight excluding hydrogens is 269 g/mol. The van der Waals surface area contributed by atoms with Gasteiger partial charge in [0.05, 0.1) is 16.8 Å². The first-order valence-corrected chi connectivity index (χ1v) is 6.13. The number of benzene rings is 1. The van der Waals surface area contributed by atoms with Gasteiger partial charge in [0, 0.05) is 5.46 Å². The third-order valence-electron chi connectivity index (χ3n) is 3.82. The molecule has 0 saturated carbocycles. The Kier molecular flexibility index (Phi) is 3.38. The number of carbonyl (C=O) groups is 1. The van der Waals surface area contributed by atoms with Gasteiger partial charge < -0.3 is 14.4 Å². The van der Waals surface area contributed by atoms with E-state index in [0.717, 1.165) is 6.07 Å². The predicted octanol–water partition coefficient (Wildman–Crippen LogP) is 1.96. The van der Waals surface area contributed by atoms with E-state index in [1.54, 1.807) is 27.7 Å². The molecule has 0 unspecified atom stereocenters. The lowest BCUT2D eigenvalue weighted by atomic mass is 9.78. The molecule has 1 aliphatic heterocycles. The second kappa shape index (κ2) is 4.53. The summed E-state index contributed by atoms with van der Waals surface area (Å²) in [6.45, 7) is 7.14. The van der Waals surface area contributed by atoms with E-state index < -0.39 is 41.5 Å². The Bertz CT molecular complexity index is 556. The number of rotatable bonds is 2. The third kappa shape index (κ3) is 2.31. The third-order valence-corrected chi connectivity index (χ3v) is 3.82. The molecule has 0 radical (unpaired) electrons. The Hall–Kier alpha value is -1.47. The van der Waals surface area contributed by atoms with Crippen LogP contribution in [0.1, 0.15) is 38.1 Å². The molecule has 0 aliphatic carbocycles. The van der Waals surface area contributed by atoms with Crippen LogP contribution in [0.2, 0.25) is 0 Å². The zero-order valence-corrected chi connectivity index (χ0v) is 11.7. The summed E-state index contributed by atoms with van der Waals surface area (Å²) in [4.78, 5) is 10.7. The fourth-order valence-corrected chi connectivity index (χ4v) is 1.88. The summed E-state index contributed by atoms with van der Waals surface area (Å²) in [5.74, 6) is -3.42. The molecule has 1 aliphatic rings. The lowest BCUT2D eigenvalue weighted by Crippen LogP contribution is -2.41. The second-order valence-corrected chi connectivity index (χ2v) is 5.75. The topological polar surface area (TPSA) is 55.8 Å². The molecule has 1 N–H and O–H groups in total. The fourth-order valence-electron chi connectivity index (χ4n) is 1.88. The number of hydrogen-bond donors (Lipinski definition) is 1. The van der Waals surface area contributed by atoms with Crippen LogP contribution < -0.4 is 5.46 Å². The van der Waals surface area contributed by atoms with E-state index in [2.05, 4.69) is 0 Å². The maximum Gasteiger partial charge on any atom is 0.497 e. The molecule has 1 fully saturated rings. The number of hydrogen-bond acceptors (Lipinski definition) is 3. The van der Waals surface area contributed by atoms with Gasteiger partial charge >= 0.3 is 13.1 Å². The van der Waals surface area contributed by atoms with E-state index in [1.807, 2.05) is 0 Å². The zero-order chi connectivity index (χ0) is 15.3. The van der Waals surface area contributed by atoms with Crippen molar-refractivity contribution in [2.75, 3.05) is 0 Å². The Labute approximate surface area is 115 Å². The predicted molar refractivity (Wildman–Crippen MR) is 69.0 cm³/mol. The molecule has 108 valence electrons. The SMILES string of the molecule is CC1(C)OB(c2cc(F)c(C(=O)O)cc2F)OC1(C)C. The van der Waals surface area contributed by atoms with Crippen molar-refractivity contribution in [2.24, 2.45) is 0 Å². The molecule has 1 saturated heterocycles. The minimum absolute atomic E-state index is 0.147. The fraction of sp³-hybridized carbons (Fsp3) is 0.462. The molecule has 7 heteroatoms. The molecule has 1 aromatic carbocycles. The minimum Gasteiger partial charge on any atom is -0.478 e. The van der Waals surface area contributed by atoms with Crippen LogP contribution in [0, 0.1) is 11.6 Å². The summed E-state index contributed by atoms with van der Waals surface area (Å²) in [7, 11) is -1.07. The largest absolute Gasteiger partial charge is 0.497 e. The number of halogens is 2. The highest BCUT2D eigenvalue weighted by molar-refractivity contribution is 6.62. The molecule has 20 heavy (non-hydrogen) atoms. The number of carboxylic acid groups (broad SMARTS) is 1. The van der Waals surface area contributed by atoms with Crippen molar-refractivity contribution in [1.29, 1.82) is 0 Å². The maximum atomic E-state index is 14.0. The van der Waals surface area contributed by atoms with Crippen LogP contribution in [0.4, 0.5) is 8.78 Å². The average molecular weight is 284 g/mol. The van der Waals surface area contributed by atoms with Gasteiger partial charge in [0.25, 0.3) is 0 Å². The van der Waals surface area contributed by atoms with Gasteiger partial charge in [-0.2, -0.15) is 0 Å². The van der Waals surface area contributed by atoms with Crippen LogP contribution in [0.5, 0.6) is 0 Å². The summed E-state index contributed by atoms with van der Waals surface area (Å²) < 4.78 is 38.8. The van der Waals surface area contributed by atoms with Gasteiger partial charge in [-0.15, -0.1) is 0 Å². The average Bonchev–Trinajstić information content (AvgIpc) is 2.50. The number of carboxylic acids is 1. The van der Waals surface area contributed by atoms with Crippen molar-refractivity contribution in [2.45, 2.75) is 38.9 Å². The van der Waals surface area contributed by atoms with Crippen molar-refractivity contribution in [1.82, 2.24) is 0 Å². The molecule has 0 atom stereocenters. The van der Waals surface area contributed by atoms with Crippen LogP contribution >= 0.6 is 0 Å². The molecule has 0 bridgehead atoms. The smallest absolute Gasteiger partial charge is 0.478 e. The monoisotopic (exact) mass is 284 g/mol. The Balaban J connectivity index is 2.41. The van der Waals surface area contributed by atoms with Crippen LogP contribution in [-0.4, -0.2) is 29.4 Å². The molecule has 1 aromatic rings. The normalized spacial score (nSPS) is 20.2. The molecule has 0 spiro atoms. The first kappa shape index (κ1) is 14.9. The first-order valence-electron chi connectivity index (χ1n) is 6.13. The van der Waals surface area contributed by atoms with Crippen LogP contribution in [0.3, 0.4) is 0 Å². The van der Waals surface area contributed by atoms with Crippen molar-refractivity contribution in [3.05, 3.63) is 29.3 Å². The van der Waals surface area contributed by atoms with E-state index in [0.29, 0.717) is 6.07 Å². The van der Waals surface area contributed by atoms with Crippen LogP contribution in [0.15, 0.2) is 12.1 Å². The molecule has 0 amide bonds. The lowest BCUT2D eigenvalue weighted by Gasteiger charge is -2.32. The van der Waals surface area contributed by atoms with Crippen LogP contribution in [0.25, 0.3) is 0 Å². The van der Waals surface area contributed by atoms with E-state index in [-0.39, 0.29) is 5.46 Å². The zero-order valence-electron chi connectivity index (χ0n) is 11.7. The van der Waals surface area contributed by atoms with Gasteiger partial charge in [-0.05, 0) is 39.8 Å². The first-order chi connectivity index (χ1) is 9.05. The van der Waals surface area contributed by atoms with Crippen molar-refractivity contribution < 1.29 is 28.0 Å². The highest BCUT2D eigenvalue weighted by Gasteiger charge is 2.52. The Morgan fingerprint density at radius 2 is 1.60 bits per heavy atom. The molecule has 1 heterocycles. The van der Waals surface area contributed by atoms with Crippen molar-refractivity contribution in [3.63, 3.8) is 0 Å². The molecule has 0 aromatic heterocycles. The van der Waals surface area contributed by atoms with Crippen molar-refractivity contribution >= 4 is 18.6 Å². The Morgan fingerprint density at radius 1 is 1.10 bits per heavy atom. The summed E-state index contributed by atoms with van der Waals surface area (Å²) in [6, 6.07) is 1.44. The summed E-state index contributed by atoms with van der Waals surface area (Å²) in [5, 5.41) is 8.74. The summed E-state index contributed by atoms with van der Waals surface area (Å²) in [6.07, 6.45) is 0. The lowest BCUT2D eigenvalue weighted by molar-refractivity contribution is 0.00578. The highest BCUT2D eigenvalue weighted by Crippen LogP contribution is 2.36. The van der Waals surface area contributed by atoms with Crippen molar-refractivity contribution in [3.8, 4) is 0 Å². The van der Waals surface area contributed by atoms with E-state index >= 15 is 0 Å². The Morgan fingerprint density at radius 3 is 2.05 bits per heavy atom. The quantitative estimate of drug-likeness (QED) is 0.843. The summed E-state index contributed by atoms with van der Waals surface area (Å²) in [5.41, 5.74) is -2.24. The maximum absolute atomic E-state index is 14.0. The highest BCUT2D eigenvalue weighted by atomic mass is 19.1. The van der Waals surface area contributed by atoms with Gasteiger partial charge in [-0.25, -0.2) is 13.6 Å². The van der Waals surface area contributed by atoms with Gasteiger partial charge in [0.15, 0.2) is 0 Å². The van der Waals surface area contributed by atoms with Crippen LogP contribution in [-0.2, 0) is 9.31 Å². The summed E-state index contributed by atoms with van der Waals surface area (Å²) >= 11 is 0. The second-order valence-electron chi connectivity index (χ2n) is 5.75. The van der Waals surface area contributed by atoms with Gasteiger partial charge in [-0.1, -0.05) is 0 Å². The van der Waals surface area contributed by atoms with E-state index in [1.165, 1.54) is 0 Å². The standard InChI is InChI=1S/C13H15BF2O4/c1-12(2)13(3,4)20-14(19-12)8-6-9(15)7(11(17)18)5-10(8)16/h5-6H,1-4H3,(H,17,18). The molecule has 2 rings (SSSR count). The van der Waals surface area contributed by atoms with Gasteiger partial charge in [0.1, 0.15) is 11.6 Å². The molecular formula is C13H15BF2O4. The molecule has 4 nitrogen and oxygen atoms in total.